The van der Waals surface area contributed by atoms with Gasteiger partial charge in [0, 0.05) is 22.4 Å². The fourth-order valence-electron chi connectivity index (χ4n) is 3.81. The van der Waals surface area contributed by atoms with E-state index in [1.54, 1.807) is 92.1 Å². The maximum absolute atomic E-state index is 13.3. The van der Waals surface area contributed by atoms with Gasteiger partial charge in [-0.1, -0.05) is 54.6 Å². The molecule has 0 aromatic heterocycles. The number of para-hydroxylation sites is 1. The molecule has 0 saturated heterocycles. The topological polar surface area (TPSA) is 93.7 Å². The maximum Gasteiger partial charge on any atom is 0.272 e. The van der Waals surface area contributed by atoms with Gasteiger partial charge >= 0.3 is 0 Å². The molecule has 0 spiro atoms. The molecule has 200 valence electrons. The van der Waals surface area contributed by atoms with Gasteiger partial charge in [-0.25, -0.2) is 0 Å². The summed E-state index contributed by atoms with van der Waals surface area (Å²) in [6.45, 7) is 0. The summed E-state index contributed by atoms with van der Waals surface area (Å²) in [6.07, 6.45) is 4.75. The predicted octanol–water partition coefficient (Wildman–Crippen LogP) is 6.01. The van der Waals surface area contributed by atoms with Crippen LogP contribution in [0.1, 0.15) is 31.8 Å². The van der Waals surface area contributed by atoms with Crippen molar-refractivity contribution < 1.29 is 23.9 Å². The predicted molar refractivity (Wildman–Crippen MR) is 156 cm³/mol. The normalized spacial score (nSPS) is 11.1. The van der Waals surface area contributed by atoms with Crippen LogP contribution < -0.4 is 20.1 Å². The summed E-state index contributed by atoms with van der Waals surface area (Å²) < 4.78 is 10.6. The molecule has 2 amide bonds. The smallest absolute Gasteiger partial charge is 0.272 e. The molecule has 0 radical (unpaired) electrons. The molecular weight excluding hydrogens is 504 g/mol. The van der Waals surface area contributed by atoms with Crippen molar-refractivity contribution in [1.82, 2.24) is 5.32 Å². The zero-order valence-electron chi connectivity index (χ0n) is 22.1. The van der Waals surface area contributed by atoms with Gasteiger partial charge in [-0.3, -0.25) is 14.4 Å². The largest absolute Gasteiger partial charge is 0.497 e. The molecule has 7 nitrogen and oxygen atoms in total. The fourth-order valence-corrected chi connectivity index (χ4v) is 3.81. The minimum Gasteiger partial charge on any atom is -0.497 e. The quantitative estimate of drug-likeness (QED) is 0.193. The third kappa shape index (κ3) is 7.33. The number of carbonyl (C=O) groups is 3. The number of carbonyl (C=O) groups excluding carboxylic acids is 3. The second kappa shape index (κ2) is 13.4. The van der Waals surface area contributed by atoms with Crippen molar-refractivity contribution in [2.45, 2.75) is 0 Å². The molecule has 0 unspecified atom stereocenters. The minimum atomic E-state index is -0.535. The highest BCUT2D eigenvalue weighted by Gasteiger charge is 2.16. The lowest BCUT2D eigenvalue weighted by molar-refractivity contribution is -0.113. The van der Waals surface area contributed by atoms with E-state index in [0.29, 0.717) is 33.9 Å². The molecule has 4 aromatic carbocycles. The Morgan fingerprint density at radius 2 is 1.45 bits per heavy atom. The van der Waals surface area contributed by atoms with Crippen molar-refractivity contribution in [2.24, 2.45) is 0 Å². The van der Waals surface area contributed by atoms with E-state index in [1.165, 1.54) is 13.2 Å². The fraction of sp³-hybridized carbons (Fsp3) is 0.0606. The van der Waals surface area contributed by atoms with Gasteiger partial charge in [-0.2, -0.15) is 0 Å². The SMILES string of the molecule is COc1cccc(/C=C/C(=O)c2ccc(NC(=O)/C(=C/c3ccccc3OC)NC(=O)c3ccccc3)cc2)c1. The van der Waals surface area contributed by atoms with Gasteiger partial charge < -0.3 is 20.1 Å². The number of hydrogen-bond donors (Lipinski definition) is 2. The van der Waals surface area contributed by atoms with Gasteiger partial charge in [0.2, 0.25) is 0 Å². The van der Waals surface area contributed by atoms with Crippen LogP contribution >= 0.6 is 0 Å². The second-order valence-corrected chi connectivity index (χ2v) is 8.63. The first kappa shape index (κ1) is 27.6. The molecule has 0 atom stereocenters. The molecule has 0 aliphatic carbocycles. The highest BCUT2D eigenvalue weighted by atomic mass is 16.5. The summed E-state index contributed by atoms with van der Waals surface area (Å²) in [4.78, 5) is 38.8. The molecule has 0 heterocycles. The summed E-state index contributed by atoms with van der Waals surface area (Å²) in [5.41, 5.74) is 2.80. The van der Waals surface area contributed by atoms with Gasteiger partial charge in [-0.05, 0) is 72.3 Å². The molecule has 0 bridgehead atoms. The van der Waals surface area contributed by atoms with E-state index in [1.807, 2.05) is 30.3 Å². The summed E-state index contributed by atoms with van der Waals surface area (Å²) >= 11 is 0. The summed E-state index contributed by atoms with van der Waals surface area (Å²) in [5, 5.41) is 5.49. The van der Waals surface area contributed by atoms with Gasteiger partial charge in [0.05, 0.1) is 14.2 Å². The molecule has 4 aromatic rings. The van der Waals surface area contributed by atoms with E-state index in [-0.39, 0.29) is 11.5 Å². The third-order valence-electron chi connectivity index (χ3n) is 5.92. The van der Waals surface area contributed by atoms with E-state index in [0.717, 1.165) is 5.56 Å². The van der Waals surface area contributed by atoms with Crippen LogP contribution in [0, 0.1) is 0 Å². The van der Waals surface area contributed by atoms with Crippen LogP contribution in [-0.2, 0) is 4.79 Å². The van der Waals surface area contributed by atoms with E-state index in [2.05, 4.69) is 10.6 Å². The number of allylic oxidation sites excluding steroid dienone is 1. The number of nitrogens with one attached hydrogen (secondary N) is 2. The average molecular weight is 533 g/mol. The van der Waals surface area contributed by atoms with E-state index < -0.39 is 11.8 Å². The van der Waals surface area contributed by atoms with Crippen molar-refractivity contribution >= 4 is 35.4 Å². The van der Waals surface area contributed by atoms with Crippen molar-refractivity contribution in [3.05, 3.63) is 137 Å². The lowest BCUT2D eigenvalue weighted by Crippen LogP contribution is -2.30. The Morgan fingerprint density at radius 1 is 0.725 bits per heavy atom. The Labute approximate surface area is 232 Å². The van der Waals surface area contributed by atoms with Crippen LogP contribution in [0.25, 0.3) is 12.2 Å². The van der Waals surface area contributed by atoms with E-state index in [9.17, 15) is 14.4 Å². The minimum absolute atomic E-state index is 0.0275. The van der Waals surface area contributed by atoms with Crippen LogP contribution in [0.3, 0.4) is 0 Å². The Morgan fingerprint density at radius 3 is 2.17 bits per heavy atom. The number of anilines is 1. The lowest BCUT2D eigenvalue weighted by Gasteiger charge is -2.12. The van der Waals surface area contributed by atoms with Crippen LogP contribution in [0.15, 0.2) is 115 Å². The van der Waals surface area contributed by atoms with Crippen LogP contribution in [0.4, 0.5) is 5.69 Å². The Hall–Kier alpha value is -5.43. The molecule has 0 aliphatic rings. The highest BCUT2D eigenvalue weighted by Crippen LogP contribution is 2.21. The standard InChI is InChI=1S/C33H28N2O5/c1-39-28-13-8-9-23(21-28)15-20-30(36)24-16-18-27(19-17-24)34-33(38)29(22-26-12-6-7-14-31(26)40-2)35-32(37)25-10-4-3-5-11-25/h3-22H,1-2H3,(H,34,38)(H,35,37)/b20-15+,29-22-. The Bertz CT molecular complexity index is 1560. The molecule has 0 fully saturated rings. The van der Waals surface area contributed by atoms with E-state index in [4.69, 9.17) is 9.47 Å². The summed E-state index contributed by atoms with van der Waals surface area (Å²) in [6, 6.07) is 29.7. The van der Waals surface area contributed by atoms with Crippen LogP contribution in [0.2, 0.25) is 0 Å². The van der Waals surface area contributed by atoms with Gasteiger partial charge in [-0.15, -0.1) is 0 Å². The second-order valence-electron chi connectivity index (χ2n) is 8.63. The molecule has 4 rings (SSSR count). The Balaban J connectivity index is 1.51. The zero-order chi connectivity index (χ0) is 28.3. The molecule has 7 heteroatoms. The molecular formula is C33H28N2O5. The monoisotopic (exact) mass is 532 g/mol. The van der Waals surface area contributed by atoms with Crippen molar-refractivity contribution in [3.8, 4) is 11.5 Å². The first-order valence-electron chi connectivity index (χ1n) is 12.5. The zero-order valence-corrected chi connectivity index (χ0v) is 22.1. The lowest BCUT2D eigenvalue weighted by atomic mass is 10.1. The van der Waals surface area contributed by atoms with Gasteiger partial charge in [0.1, 0.15) is 17.2 Å². The number of ketones is 1. The highest BCUT2D eigenvalue weighted by molar-refractivity contribution is 6.11. The van der Waals surface area contributed by atoms with Crippen molar-refractivity contribution in [3.63, 3.8) is 0 Å². The maximum atomic E-state index is 13.3. The summed E-state index contributed by atoms with van der Waals surface area (Å²) in [7, 11) is 3.12. The van der Waals surface area contributed by atoms with Crippen LogP contribution in [0.5, 0.6) is 11.5 Å². The van der Waals surface area contributed by atoms with Gasteiger partial charge in [0.25, 0.3) is 11.8 Å². The first-order chi connectivity index (χ1) is 19.5. The van der Waals surface area contributed by atoms with Crippen molar-refractivity contribution in [2.75, 3.05) is 19.5 Å². The number of rotatable bonds is 10. The number of hydrogen-bond acceptors (Lipinski definition) is 5. The number of benzene rings is 4. The molecule has 0 saturated carbocycles. The van der Waals surface area contributed by atoms with Crippen LogP contribution in [-0.4, -0.2) is 31.8 Å². The number of amides is 2. The number of ether oxygens (including phenoxy) is 2. The molecule has 0 aliphatic heterocycles. The first-order valence-corrected chi connectivity index (χ1v) is 12.5. The molecule has 40 heavy (non-hydrogen) atoms. The van der Waals surface area contributed by atoms with Gasteiger partial charge in [0.15, 0.2) is 5.78 Å². The molecule has 2 N–H and O–H groups in total. The summed E-state index contributed by atoms with van der Waals surface area (Å²) in [5.74, 6) is 0.0980. The van der Waals surface area contributed by atoms with Crippen molar-refractivity contribution in [1.29, 1.82) is 0 Å². The van der Waals surface area contributed by atoms with E-state index >= 15 is 0 Å². The average Bonchev–Trinajstić information content (AvgIpc) is 3.00. The number of methoxy groups -OCH3 is 2. The third-order valence-corrected chi connectivity index (χ3v) is 5.92. The Kier molecular flexibility index (Phi) is 9.24.